The molecular weight excluding hydrogens is 242 g/mol. The second-order valence-electron chi connectivity index (χ2n) is 5.15. The number of nitrogens with two attached hydrogens (primary N) is 1. The van der Waals surface area contributed by atoms with E-state index in [0.29, 0.717) is 19.5 Å². The molecule has 1 aliphatic rings. The highest BCUT2D eigenvalue weighted by atomic mass is 16.2. The number of unbranched alkanes of at least 4 members (excludes halogenated alkanes) is 2. The van der Waals surface area contributed by atoms with E-state index >= 15 is 0 Å². The highest BCUT2D eigenvalue weighted by Gasteiger charge is 2.26. The first kappa shape index (κ1) is 16.0. The number of rotatable bonds is 7. The lowest BCUT2D eigenvalue weighted by atomic mass is 9.95. The van der Waals surface area contributed by atoms with Gasteiger partial charge in [0.05, 0.1) is 0 Å². The van der Waals surface area contributed by atoms with Gasteiger partial charge in [-0.15, -0.1) is 0 Å². The van der Waals surface area contributed by atoms with Crippen molar-refractivity contribution in [1.82, 2.24) is 10.2 Å². The van der Waals surface area contributed by atoms with E-state index in [4.69, 9.17) is 5.73 Å². The Hall–Kier alpha value is -1.10. The van der Waals surface area contributed by atoms with Crippen molar-refractivity contribution in [2.24, 2.45) is 11.7 Å². The molecule has 110 valence electrons. The number of nitrogens with one attached hydrogen (secondary N) is 1. The van der Waals surface area contributed by atoms with Crippen LogP contribution in [0.25, 0.3) is 0 Å². The van der Waals surface area contributed by atoms with Gasteiger partial charge < -0.3 is 16.0 Å². The molecule has 0 aliphatic carbocycles. The topological polar surface area (TPSA) is 75.4 Å². The van der Waals surface area contributed by atoms with E-state index in [1.54, 1.807) is 0 Å². The summed E-state index contributed by atoms with van der Waals surface area (Å²) in [4.78, 5) is 25.6. The van der Waals surface area contributed by atoms with Crippen LogP contribution in [0.5, 0.6) is 0 Å². The maximum absolute atomic E-state index is 12.0. The summed E-state index contributed by atoms with van der Waals surface area (Å²) >= 11 is 0. The first-order valence-corrected chi connectivity index (χ1v) is 7.44. The van der Waals surface area contributed by atoms with Gasteiger partial charge in [-0.25, -0.2) is 0 Å². The standard InChI is InChI=1S/C14H27N3O2/c1-2-16-14(19)12-7-10-17(11-8-12)13(18)6-4-3-5-9-15/h12H,2-11,15H2,1H3,(H,16,19). The Morgan fingerprint density at radius 2 is 1.89 bits per heavy atom. The van der Waals surface area contributed by atoms with Gasteiger partial charge in [0.2, 0.25) is 11.8 Å². The number of piperidine rings is 1. The van der Waals surface area contributed by atoms with Crippen molar-refractivity contribution in [3.63, 3.8) is 0 Å². The molecule has 1 saturated heterocycles. The monoisotopic (exact) mass is 269 g/mol. The van der Waals surface area contributed by atoms with Gasteiger partial charge in [-0.05, 0) is 39.2 Å². The molecule has 0 bridgehead atoms. The first-order valence-electron chi connectivity index (χ1n) is 7.44. The Kier molecular flexibility index (Phi) is 7.48. The van der Waals surface area contributed by atoms with Crippen molar-refractivity contribution in [3.8, 4) is 0 Å². The minimum atomic E-state index is 0.0845. The van der Waals surface area contributed by atoms with Crippen LogP contribution in [0.3, 0.4) is 0 Å². The second-order valence-corrected chi connectivity index (χ2v) is 5.15. The first-order chi connectivity index (χ1) is 9.19. The molecule has 3 N–H and O–H groups in total. The summed E-state index contributed by atoms with van der Waals surface area (Å²) in [5, 5.41) is 2.85. The van der Waals surface area contributed by atoms with Crippen molar-refractivity contribution in [2.45, 2.75) is 45.4 Å². The number of hydrogen-bond donors (Lipinski definition) is 2. The fraction of sp³-hybridized carbons (Fsp3) is 0.857. The Morgan fingerprint density at radius 3 is 2.47 bits per heavy atom. The summed E-state index contributed by atoms with van der Waals surface area (Å²) in [5.74, 6) is 0.449. The molecule has 1 heterocycles. The molecule has 19 heavy (non-hydrogen) atoms. The number of hydrogen-bond acceptors (Lipinski definition) is 3. The van der Waals surface area contributed by atoms with Crippen molar-refractivity contribution in [2.75, 3.05) is 26.2 Å². The smallest absolute Gasteiger partial charge is 0.223 e. The third-order valence-electron chi connectivity index (χ3n) is 3.66. The lowest BCUT2D eigenvalue weighted by Crippen LogP contribution is -2.42. The van der Waals surface area contributed by atoms with Crippen LogP contribution in [-0.4, -0.2) is 42.9 Å². The lowest BCUT2D eigenvalue weighted by Gasteiger charge is -2.31. The molecule has 0 radical (unpaired) electrons. The molecule has 5 nitrogen and oxygen atoms in total. The van der Waals surface area contributed by atoms with E-state index < -0.39 is 0 Å². The van der Waals surface area contributed by atoms with E-state index in [9.17, 15) is 9.59 Å². The third kappa shape index (κ3) is 5.59. The van der Waals surface area contributed by atoms with Crippen LogP contribution in [0.2, 0.25) is 0 Å². The summed E-state index contributed by atoms with van der Waals surface area (Å²) in [6.45, 7) is 4.75. The molecule has 2 amide bonds. The number of likely N-dealkylation sites (tertiary alicyclic amines) is 1. The van der Waals surface area contributed by atoms with Crippen LogP contribution < -0.4 is 11.1 Å². The molecule has 1 fully saturated rings. The fourth-order valence-corrected chi connectivity index (χ4v) is 2.47. The molecule has 0 aromatic rings. The molecule has 1 rings (SSSR count). The highest BCUT2D eigenvalue weighted by molar-refractivity contribution is 5.80. The van der Waals surface area contributed by atoms with E-state index in [1.165, 1.54) is 0 Å². The Morgan fingerprint density at radius 1 is 1.21 bits per heavy atom. The van der Waals surface area contributed by atoms with Crippen LogP contribution >= 0.6 is 0 Å². The molecule has 0 atom stereocenters. The van der Waals surface area contributed by atoms with Crippen molar-refractivity contribution in [1.29, 1.82) is 0 Å². The maximum atomic E-state index is 12.0. The van der Waals surface area contributed by atoms with E-state index in [2.05, 4.69) is 5.32 Å². The zero-order chi connectivity index (χ0) is 14.1. The van der Waals surface area contributed by atoms with E-state index in [0.717, 1.165) is 45.2 Å². The van der Waals surface area contributed by atoms with Crippen LogP contribution in [0.4, 0.5) is 0 Å². The minimum absolute atomic E-state index is 0.0845. The predicted octanol–water partition coefficient (Wildman–Crippen LogP) is 0.880. The lowest BCUT2D eigenvalue weighted by molar-refractivity contribution is -0.135. The number of amides is 2. The number of carbonyl (C=O) groups is 2. The van der Waals surface area contributed by atoms with Crippen LogP contribution in [0.1, 0.15) is 45.4 Å². The SMILES string of the molecule is CCNC(=O)C1CCN(C(=O)CCCCCN)CC1. The van der Waals surface area contributed by atoms with Gasteiger partial charge in [0.15, 0.2) is 0 Å². The summed E-state index contributed by atoms with van der Waals surface area (Å²) in [5.41, 5.74) is 5.42. The van der Waals surface area contributed by atoms with Gasteiger partial charge in [-0.3, -0.25) is 9.59 Å². The van der Waals surface area contributed by atoms with Crippen molar-refractivity contribution < 1.29 is 9.59 Å². The van der Waals surface area contributed by atoms with Crippen molar-refractivity contribution >= 4 is 11.8 Å². The second kappa shape index (κ2) is 8.91. The summed E-state index contributed by atoms with van der Waals surface area (Å²) < 4.78 is 0. The van der Waals surface area contributed by atoms with E-state index in [-0.39, 0.29) is 17.7 Å². The zero-order valence-corrected chi connectivity index (χ0v) is 12.0. The van der Waals surface area contributed by atoms with Gasteiger partial charge in [-0.2, -0.15) is 0 Å². The quantitative estimate of drug-likeness (QED) is 0.674. The van der Waals surface area contributed by atoms with Crippen LogP contribution in [-0.2, 0) is 9.59 Å². The number of nitrogens with zero attached hydrogens (tertiary/aromatic N) is 1. The van der Waals surface area contributed by atoms with Gasteiger partial charge in [-0.1, -0.05) is 6.42 Å². The highest BCUT2D eigenvalue weighted by Crippen LogP contribution is 2.18. The average Bonchev–Trinajstić information content (AvgIpc) is 2.44. The van der Waals surface area contributed by atoms with Gasteiger partial charge in [0.25, 0.3) is 0 Å². The third-order valence-corrected chi connectivity index (χ3v) is 3.66. The molecule has 0 saturated carbocycles. The predicted molar refractivity (Wildman–Crippen MR) is 75.5 cm³/mol. The average molecular weight is 269 g/mol. The number of carbonyl (C=O) groups excluding carboxylic acids is 2. The summed E-state index contributed by atoms with van der Waals surface area (Å²) in [7, 11) is 0. The fourth-order valence-electron chi connectivity index (χ4n) is 2.47. The molecule has 0 spiro atoms. The molecule has 0 unspecified atom stereocenters. The molecule has 5 heteroatoms. The van der Waals surface area contributed by atoms with Gasteiger partial charge >= 0.3 is 0 Å². The van der Waals surface area contributed by atoms with Crippen molar-refractivity contribution in [3.05, 3.63) is 0 Å². The van der Waals surface area contributed by atoms with Crippen LogP contribution in [0.15, 0.2) is 0 Å². The minimum Gasteiger partial charge on any atom is -0.356 e. The largest absolute Gasteiger partial charge is 0.356 e. The van der Waals surface area contributed by atoms with Crippen LogP contribution in [0, 0.1) is 5.92 Å². The Balaban J connectivity index is 2.21. The Labute approximate surface area is 115 Å². The molecule has 0 aromatic carbocycles. The van der Waals surface area contributed by atoms with E-state index in [1.807, 2.05) is 11.8 Å². The zero-order valence-electron chi connectivity index (χ0n) is 12.0. The van der Waals surface area contributed by atoms with Gasteiger partial charge in [0, 0.05) is 32.0 Å². The summed E-state index contributed by atoms with van der Waals surface area (Å²) in [6.07, 6.45) is 5.14. The van der Waals surface area contributed by atoms with Gasteiger partial charge in [0.1, 0.15) is 0 Å². The molecule has 1 aliphatic heterocycles. The normalized spacial score (nSPS) is 16.4. The molecule has 0 aromatic heterocycles. The summed E-state index contributed by atoms with van der Waals surface area (Å²) in [6, 6.07) is 0. The maximum Gasteiger partial charge on any atom is 0.223 e. The Bertz CT molecular complexity index is 286. The molecular formula is C14H27N3O2.